The van der Waals surface area contributed by atoms with E-state index in [2.05, 4.69) is 36.2 Å². The first-order valence-corrected chi connectivity index (χ1v) is 13.9. The van der Waals surface area contributed by atoms with Gasteiger partial charge in [0.1, 0.15) is 0 Å². The molecule has 1 amide bonds. The summed E-state index contributed by atoms with van der Waals surface area (Å²) >= 11 is 1.91. The number of aliphatic imine (C=N–C) groups is 1. The molecular weight excluding hydrogens is 450 g/mol. The van der Waals surface area contributed by atoms with Gasteiger partial charge in [-0.25, -0.2) is 0 Å². The number of halogens is 1. The van der Waals surface area contributed by atoms with E-state index in [0.29, 0.717) is 6.42 Å². The normalized spacial score (nSPS) is 33.4. The molecule has 1 aliphatic heterocycles. The first-order chi connectivity index (χ1) is 15.6. The summed E-state index contributed by atoms with van der Waals surface area (Å²) in [7, 11) is 0. The van der Waals surface area contributed by atoms with Crippen LogP contribution in [0.3, 0.4) is 0 Å². The number of hydrogen-bond donors (Lipinski definition) is 1. The molecule has 4 bridgehead atoms. The Morgan fingerprint density at radius 1 is 1.09 bits per heavy atom. The molecule has 0 radical (unpaired) electrons. The monoisotopic (exact) mass is 489 g/mol. The van der Waals surface area contributed by atoms with E-state index in [-0.39, 0.29) is 29.9 Å². The second-order valence-electron chi connectivity index (χ2n) is 10.9. The van der Waals surface area contributed by atoms with Crippen molar-refractivity contribution in [3.63, 3.8) is 0 Å². The fraction of sp³-hybridized carbons (Fsp3) is 0.704. The van der Waals surface area contributed by atoms with E-state index in [4.69, 9.17) is 4.99 Å². The zero-order valence-electron chi connectivity index (χ0n) is 20.2. The van der Waals surface area contributed by atoms with Gasteiger partial charge in [0.2, 0.25) is 5.91 Å². The molecule has 6 rings (SSSR count). The van der Waals surface area contributed by atoms with Crippen molar-refractivity contribution in [2.24, 2.45) is 22.7 Å². The molecule has 4 aliphatic carbocycles. The first-order valence-electron chi connectivity index (χ1n) is 12.9. The maximum absolute atomic E-state index is 12.9. The summed E-state index contributed by atoms with van der Waals surface area (Å²) in [6.45, 7) is 5.43. The van der Waals surface area contributed by atoms with Gasteiger partial charge >= 0.3 is 0 Å². The zero-order chi connectivity index (χ0) is 22.1. The van der Waals surface area contributed by atoms with Crippen LogP contribution in [0.2, 0.25) is 0 Å². The highest BCUT2D eigenvalue weighted by Crippen LogP contribution is 2.57. The van der Waals surface area contributed by atoms with E-state index < -0.39 is 0 Å². The Labute approximate surface area is 210 Å². The van der Waals surface area contributed by atoms with Crippen molar-refractivity contribution in [3.05, 3.63) is 29.8 Å². The predicted molar refractivity (Wildman–Crippen MR) is 143 cm³/mol. The van der Waals surface area contributed by atoms with Gasteiger partial charge in [-0.2, -0.15) is 0 Å². The van der Waals surface area contributed by atoms with Crippen LogP contribution < -0.4 is 5.32 Å². The molecule has 1 unspecified atom stereocenters. The van der Waals surface area contributed by atoms with E-state index >= 15 is 0 Å². The molecule has 33 heavy (non-hydrogen) atoms. The number of hydrogen-bond acceptors (Lipinski definition) is 3. The Morgan fingerprint density at radius 3 is 2.30 bits per heavy atom. The molecule has 1 saturated heterocycles. The van der Waals surface area contributed by atoms with Crippen LogP contribution in [0.25, 0.3) is 0 Å². The SMILES string of the molecule is CCCCN1C(=NC23CC4CC(CC(C4)C2)C3)SCC1CC(=O)Nc1ccc(CC)cc1.Cl. The molecule has 1 atom stereocenters. The zero-order valence-corrected chi connectivity index (χ0v) is 21.9. The van der Waals surface area contributed by atoms with E-state index in [1.54, 1.807) is 0 Å². The Balaban J connectivity index is 0.00000259. The van der Waals surface area contributed by atoms with Crippen LogP contribution in [0.1, 0.15) is 77.2 Å². The molecule has 0 spiro atoms. The summed E-state index contributed by atoms with van der Waals surface area (Å²) in [6, 6.07) is 8.51. The van der Waals surface area contributed by atoms with Crippen molar-refractivity contribution in [2.75, 3.05) is 17.6 Å². The average Bonchev–Trinajstić information content (AvgIpc) is 3.11. The highest BCUT2D eigenvalue weighted by molar-refractivity contribution is 8.14. The number of amides is 1. The van der Waals surface area contributed by atoms with Crippen LogP contribution in [0, 0.1) is 17.8 Å². The van der Waals surface area contributed by atoms with E-state index in [1.165, 1.54) is 55.7 Å². The van der Waals surface area contributed by atoms with Crippen LogP contribution in [0.15, 0.2) is 29.3 Å². The van der Waals surface area contributed by atoms with E-state index in [9.17, 15) is 4.79 Å². The van der Waals surface area contributed by atoms with Crippen molar-refractivity contribution in [3.8, 4) is 0 Å². The van der Waals surface area contributed by atoms with Crippen LogP contribution >= 0.6 is 24.2 Å². The number of aryl methyl sites for hydroxylation is 1. The molecule has 0 aromatic heterocycles. The number of amidine groups is 1. The number of benzene rings is 1. The van der Waals surface area contributed by atoms with Crippen molar-refractivity contribution >= 4 is 40.9 Å². The minimum absolute atomic E-state index is 0. The molecule has 4 nitrogen and oxygen atoms in total. The smallest absolute Gasteiger partial charge is 0.226 e. The van der Waals surface area contributed by atoms with Gasteiger partial charge in [0.25, 0.3) is 0 Å². The van der Waals surface area contributed by atoms with Gasteiger partial charge in [-0.1, -0.05) is 44.2 Å². The highest BCUT2D eigenvalue weighted by atomic mass is 35.5. The molecule has 5 fully saturated rings. The Hall–Kier alpha value is -1.20. The van der Waals surface area contributed by atoms with E-state index in [1.807, 2.05) is 23.9 Å². The minimum atomic E-state index is 0. The van der Waals surface area contributed by atoms with Gasteiger partial charge in [0, 0.05) is 30.4 Å². The lowest BCUT2D eigenvalue weighted by Gasteiger charge is -2.55. The van der Waals surface area contributed by atoms with Crippen molar-refractivity contribution in [2.45, 2.75) is 89.6 Å². The molecule has 1 N–H and O–H groups in total. The van der Waals surface area contributed by atoms with Gasteiger partial charge in [-0.15, -0.1) is 12.4 Å². The van der Waals surface area contributed by atoms with Crippen molar-refractivity contribution < 1.29 is 4.79 Å². The number of nitrogens with zero attached hydrogens (tertiary/aromatic N) is 2. The van der Waals surface area contributed by atoms with Gasteiger partial charge in [0.05, 0.1) is 5.54 Å². The summed E-state index contributed by atoms with van der Waals surface area (Å²) in [6.07, 6.45) is 12.2. The highest BCUT2D eigenvalue weighted by Gasteiger charge is 2.51. The summed E-state index contributed by atoms with van der Waals surface area (Å²) < 4.78 is 0. The fourth-order valence-corrected chi connectivity index (χ4v) is 8.33. The Kier molecular flexibility index (Phi) is 8.00. The lowest BCUT2D eigenvalue weighted by Crippen LogP contribution is -2.50. The molecule has 1 aromatic rings. The first kappa shape index (κ1) is 24.9. The number of nitrogens with one attached hydrogen (secondary N) is 1. The van der Waals surface area contributed by atoms with Crippen LogP contribution in [-0.4, -0.2) is 39.9 Å². The molecular formula is C27H40ClN3OS. The topological polar surface area (TPSA) is 44.7 Å². The standard InChI is InChI=1S/C27H39N3OS.ClH/c1-3-5-10-30-24(14-25(31)28-23-8-6-19(4-2)7-9-23)18-32-26(30)29-27-15-20-11-21(16-27)13-22(12-20)17-27;/h6-9,20-22,24H,3-5,10-18H2,1-2H3,(H,28,31);1H. The maximum Gasteiger partial charge on any atom is 0.226 e. The van der Waals surface area contributed by atoms with Gasteiger partial charge in [0.15, 0.2) is 5.17 Å². The number of anilines is 1. The molecule has 182 valence electrons. The Bertz CT molecular complexity index is 820. The average molecular weight is 490 g/mol. The van der Waals surface area contributed by atoms with Crippen LogP contribution in [0.5, 0.6) is 0 Å². The largest absolute Gasteiger partial charge is 0.347 e. The maximum atomic E-state index is 12.9. The van der Waals surface area contributed by atoms with Crippen molar-refractivity contribution in [1.82, 2.24) is 4.90 Å². The molecule has 4 saturated carbocycles. The Morgan fingerprint density at radius 2 is 1.73 bits per heavy atom. The van der Waals surface area contributed by atoms with Crippen LogP contribution in [-0.2, 0) is 11.2 Å². The third kappa shape index (κ3) is 5.56. The lowest BCUT2D eigenvalue weighted by atomic mass is 9.53. The third-order valence-corrected chi connectivity index (χ3v) is 9.38. The number of unbranched alkanes of at least 4 members (excludes halogenated alkanes) is 1. The summed E-state index contributed by atoms with van der Waals surface area (Å²) in [5.74, 6) is 3.86. The second kappa shape index (κ2) is 10.6. The quantitative estimate of drug-likeness (QED) is 0.450. The lowest BCUT2D eigenvalue weighted by molar-refractivity contribution is -0.116. The minimum Gasteiger partial charge on any atom is -0.347 e. The van der Waals surface area contributed by atoms with Crippen molar-refractivity contribution in [1.29, 1.82) is 0 Å². The predicted octanol–water partition coefficient (Wildman–Crippen LogP) is 6.54. The summed E-state index contributed by atoms with van der Waals surface area (Å²) in [5.41, 5.74) is 2.41. The third-order valence-electron chi connectivity index (χ3n) is 8.25. The molecule has 1 heterocycles. The summed E-state index contributed by atoms with van der Waals surface area (Å²) in [5, 5.41) is 4.36. The fourth-order valence-electron chi connectivity index (χ4n) is 7.03. The molecule has 6 heteroatoms. The number of carbonyl (C=O) groups excluding carboxylic acids is 1. The number of carbonyl (C=O) groups is 1. The molecule has 1 aromatic carbocycles. The number of rotatable bonds is 8. The summed E-state index contributed by atoms with van der Waals surface area (Å²) in [4.78, 5) is 20.9. The second-order valence-corrected chi connectivity index (χ2v) is 11.8. The van der Waals surface area contributed by atoms with Gasteiger partial charge in [-0.3, -0.25) is 9.79 Å². The molecule has 5 aliphatic rings. The van der Waals surface area contributed by atoms with E-state index in [0.717, 1.165) is 48.6 Å². The van der Waals surface area contributed by atoms with Crippen LogP contribution in [0.4, 0.5) is 5.69 Å². The number of thioether (sulfide) groups is 1. The van der Waals surface area contributed by atoms with Gasteiger partial charge < -0.3 is 10.2 Å². The van der Waals surface area contributed by atoms with Gasteiger partial charge in [-0.05, 0) is 86.8 Å².